The molecule has 0 aromatic carbocycles. The molecule has 0 spiro atoms. The molecule has 0 aromatic rings. The molecule has 0 unspecified atom stereocenters. The van der Waals surface area contributed by atoms with Crippen molar-refractivity contribution in [3.63, 3.8) is 0 Å². The van der Waals surface area contributed by atoms with Gasteiger partial charge in [-0.3, -0.25) is 14.4 Å². The lowest BCUT2D eigenvalue weighted by Crippen LogP contribution is -2.37. The number of fused-ring (bicyclic) bond motifs is 2. The molecule has 0 radical (unpaired) electrons. The molecule has 2 bridgehead atoms. The lowest BCUT2D eigenvalue weighted by Gasteiger charge is -2.29. The summed E-state index contributed by atoms with van der Waals surface area (Å²) in [6.45, 7) is 6.92. The monoisotopic (exact) mass is 560 g/mol. The van der Waals surface area contributed by atoms with Crippen molar-refractivity contribution in [2.45, 2.75) is 65.0 Å². The third-order valence-electron chi connectivity index (χ3n) is 6.95. The Bertz CT molecular complexity index is 1150. The van der Waals surface area contributed by atoms with Crippen LogP contribution in [0.2, 0.25) is 0 Å². The minimum atomic E-state index is -1.00. The highest BCUT2D eigenvalue weighted by atomic mass is 16.6. The van der Waals surface area contributed by atoms with E-state index in [2.05, 4.69) is 5.32 Å². The van der Waals surface area contributed by atoms with Gasteiger partial charge in [0, 0.05) is 37.4 Å². The first-order chi connectivity index (χ1) is 18.8. The molecule has 11 nitrogen and oxygen atoms in total. The molecule has 0 fully saturated rings. The van der Waals surface area contributed by atoms with Crippen LogP contribution in [0.25, 0.3) is 0 Å². The van der Waals surface area contributed by atoms with E-state index in [4.69, 9.17) is 24.7 Å². The Hall–Kier alpha value is -3.54. The predicted octanol–water partition coefficient (Wildman–Crippen LogP) is 2.41. The molecular weight excluding hydrogens is 520 g/mol. The van der Waals surface area contributed by atoms with Gasteiger partial charge in [0.1, 0.15) is 6.10 Å². The maximum atomic E-state index is 13.3. The SMILES string of the molecule is COC1=C2C[C@@H](C)C[C@H](OC)[C@H](O)[C@@H](C)/C=C(\C)[C@@H](OC(N)=O)[C@@H](OC)/C=C\C=C(/C)C(=O)NC(=CC1=O)C2=O. The van der Waals surface area contributed by atoms with Crippen LogP contribution in [0.15, 0.2) is 58.6 Å². The van der Waals surface area contributed by atoms with Gasteiger partial charge in [-0.25, -0.2) is 4.79 Å². The molecule has 11 heteroatoms. The normalized spacial score (nSPS) is 32.7. The van der Waals surface area contributed by atoms with Crippen molar-refractivity contribution in [1.29, 1.82) is 0 Å². The lowest BCUT2D eigenvalue weighted by molar-refractivity contribution is -0.120. The number of nitrogens with two attached hydrogens (primary N) is 1. The number of methoxy groups -OCH3 is 3. The number of carbonyl (C=O) groups is 4. The molecule has 2 rings (SSSR count). The molecule has 6 atom stereocenters. The smallest absolute Gasteiger partial charge is 0.405 e. The van der Waals surface area contributed by atoms with Gasteiger partial charge in [0.25, 0.3) is 5.91 Å². The van der Waals surface area contributed by atoms with Gasteiger partial charge in [0.2, 0.25) is 11.6 Å². The number of Topliss-reactive ketones (excluding diaryl/α,β-unsaturated/α-hetero) is 1. The summed E-state index contributed by atoms with van der Waals surface area (Å²) in [5.74, 6) is -2.39. The molecule has 0 aromatic heterocycles. The maximum Gasteiger partial charge on any atom is 0.405 e. The van der Waals surface area contributed by atoms with E-state index in [1.165, 1.54) is 34.3 Å². The van der Waals surface area contributed by atoms with Crippen molar-refractivity contribution < 1.29 is 43.2 Å². The Labute approximate surface area is 234 Å². The van der Waals surface area contributed by atoms with E-state index in [0.29, 0.717) is 12.0 Å². The standard InChI is InChI=1S/C29H40N2O9/c1-15-11-19-25(34)20(14-21(32)27(19)39-7)31-28(35)16(2)9-8-10-22(37-5)26(40-29(30)36)18(4)13-17(3)24(33)23(12-15)38-6/h8-10,13-15,17,22-24,26,33H,11-12H2,1-7H3,(H2,30,36)(H,31,35)/b10-8-,16-9+,18-13+/t15-,17+,22+,23+,24-,26-/m1/s1. The van der Waals surface area contributed by atoms with Crippen LogP contribution in [0.1, 0.15) is 40.5 Å². The van der Waals surface area contributed by atoms with Crippen molar-refractivity contribution in [3.05, 3.63) is 58.6 Å². The summed E-state index contributed by atoms with van der Waals surface area (Å²) in [7, 11) is 4.21. The third-order valence-corrected chi connectivity index (χ3v) is 6.95. The molecule has 40 heavy (non-hydrogen) atoms. The Morgan fingerprint density at radius 3 is 2.35 bits per heavy atom. The minimum absolute atomic E-state index is 0.0801. The summed E-state index contributed by atoms with van der Waals surface area (Å²) in [5.41, 5.74) is 6.12. The number of primary amides is 1. The maximum absolute atomic E-state index is 13.3. The Morgan fingerprint density at radius 1 is 1.10 bits per heavy atom. The highest BCUT2D eigenvalue weighted by Crippen LogP contribution is 2.29. The van der Waals surface area contributed by atoms with Crippen molar-refractivity contribution >= 4 is 23.6 Å². The molecular formula is C29H40N2O9. The van der Waals surface area contributed by atoms with Gasteiger partial charge in [0.15, 0.2) is 11.9 Å². The number of nitrogens with one attached hydrogen (secondary N) is 1. The molecule has 2 amide bonds. The number of carbonyl (C=O) groups excluding carboxylic acids is 4. The number of ether oxygens (including phenoxy) is 4. The highest BCUT2D eigenvalue weighted by molar-refractivity contribution is 6.23. The quantitative estimate of drug-likeness (QED) is 0.346. The second-order valence-corrected chi connectivity index (χ2v) is 10.1. The van der Waals surface area contributed by atoms with Gasteiger partial charge in [-0.1, -0.05) is 38.2 Å². The zero-order valence-corrected chi connectivity index (χ0v) is 24.1. The second-order valence-electron chi connectivity index (χ2n) is 10.1. The molecule has 0 saturated heterocycles. The number of hydrogen-bond donors (Lipinski definition) is 3. The second kappa shape index (κ2) is 14.7. The first-order valence-electron chi connectivity index (χ1n) is 13.0. The van der Waals surface area contributed by atoms with Crippen LogP contribution in [0, 0.1) is 11.8 Å². The number of rotatable bonds is 4. The van der Waals surface area contributed by atoms with E-state index in [1.807, 2.05) is 6.92 Å². The van der Waals surface area contributed by atoms with Crippen LogP contribution in [0.5, 0.6) is 0 Å². The van der Waals surface area contributed by atoms with Gasteiger partial charge in [-0.2, -0.15) is 0 Å². The zero-order chi connectivity index (χ0) is 30.1. The van der Waals surface area contributed by atoms with Crippen LogP contribution in [0.3, 0.4) is 0 Å². The van der Waals surface area contributed by atoms with Gasteiger partial charge in [-0.15, -0.1) is 0 Å². The average molecular weight is 561 g/mol. The highest BCUT2D eigenvalue weighted by Gasteiger charge is 2.34. The van der Waals surface area contributed by atoms with Crippen LogP contribution in [-0.2, 0) is 33.3 Å². The van der Waals surface area contributed by atoms with Crippen LogP contribution in [-0.4, -0.2) is 74.4 Å². The van der Waals surface area contributed by atoms with Crippen molar-refractivity contribution in [2.75, 3.05) is 21.3 Å². The van der Waals surface area contributed by atoms with Crippen LogP contribution < -0.4 is 11.1 Å². The lowest BCUT2D eigenvalue weighted by atomic mass is 9.85. The molecule has 1 aliphatic heterocycles. The molecule has 4 N–H and O–H groups in total. The number of allylic oxidation sites excluding steroid dienone is 4. The summed E-state index contributed by atoms with van der Waals surface area (Å²) in [6.07, 6.45) is 3.61. The van der Waals surface area contributed by atoms with Crippen molar-refractivity contribution in [1.82, 2.24) is 5.32 Å². The largest absolute Gasteiger partial charge is 0.492 e. The fraction of sp³-hybridized carbons (Fsp3) is 0.517. The molecule has 1 heterocycles. The summed E-state index contributed by atoms with van der Waals surface area (Å²) in [5, 5.41) is 13.7. The number of aliphatic hydroxyl groups is 1. The number of ketones is 2. The predicted molar refractivity (Wildman–Crippen MR) is 147 cm³/mol. The van der Waals surface area contributed by atoms with Crippen molar-refractivity contribution in [3.8, 4) is 0 Å². The Morgan fingerprint density at radius 2 is 1.77 bits per heavy atom. The molecule has 220 valence electrons. The summed E-state index contributed by atoms with van der Waals surface area (Å²) < 4.78 is 21.7. The number of amides is 2. The molecule has 1 aliphatic carbocycles. The van der Waals surface area contributed by atoms with Crippen LogP contribution >= 0.6 is 0 Å². The van der Waals surface area contributed by atoms with E-state index in [-0.39, 0.29) is 34.9 Å². The van der Waals surface area contributed by atoms with E-state index >= 15 is 0 Å². The van der Waals surface area contributed by atoms with Crippen LogP contribution in [0.4, 0.5) is 4.79 Å². The van der Waals surface area contributed by atoms with Gasteiger partial charge in [0.05, 0.1) is 25.0 Å². The summed E-state index contributed by atoms with van der Waals surface area (Å²) in [4.78, 5) is 50.6. The molecule has 2 aliphatic rings. The fourth-order valence-corrected chi connectivity index (χ4v) is 4.78. The van der Waals surface area contributed by atoms with Gasteiger partial charge in [-0.05, 0) is 38.2 Å². The Balaban J connectivity index is 2.60. The Kier molecular flexibility index (Phi) is 12.0. The summed E-state index contributed by atoms with van der Waals surface area (Å²) >= 11 is 0. The first kappa shape index (κ1) is 32.7. The average Bonchev–Trinajstić information content (AvgIpc) is 2.90. The van der Waals surface area contributed by atoms with E-state index in [9.17, 15) is 24.3 Å². The summed E-state index contributed by atoms with van der Waals surface area (Å²) in [6, 6.07) is 0. The van der Waals surface area contributed by atoms with Gasteiger partial charge >= 0.3 is 6.09 Å². The van der Waals surface area contributed by atoms with Gasteiger partial charge < -0.3 is 35.1 Å². The topological polar surface area (TPSA) is 163 Å². The number of aliphatic hydroxyl groups excluding tert-OH is 1. The fourth-order valence-electron chi connectivity index (χ4n) is 4.78. The van der Waals surface area contributed by atoms with E-state index < -0.39 is 53.9 Å². The van der Waals surface area contributed by atoms with E-state index in [1.54, 1.807) is 32.1 Å². The number of hydrogen-bond acceptors (Lipinski definition) is 9. The molecule has 0 saturated carbocycles. The first-order valence-corrected chi connectivity index (χ1v) is 13.0. The minimum Gasteiger partial charge on any atom is -0.492 e. The zero-order valence-electron chi connectivity index (χ0n) is 24.1. The van der Waals surface area contributed by atoms with Crippen molar-refractivity contribution in [2.24, 2.45) is 17.6 Å². The van der Waals surface area contributed by atoms with E-state index in [0.717, 1.165) is 6.08 Å². The third kappa shape index (κ3) is 8.23.